The second-order valence-electron chi connectivity index (χ2n) is 7.63. The molecule has 0 aromatic carbocycles. The number of rotatable bonds is 4. The molecular weight excluding hydrogens is 266 g/mol. The van der Waals surface area contributed by atoms with Crippen LogP contribution < -0.4 is 5.73 Å². The molecule has 3 aliphatic heterocycles. The Kier molecular flexibility index (Phi) is 4.03. The molecule has 3 aliphatic rings. The second-order valence-corrected chi connectivity index (χ2v) is 7.63. The predicted molar refractivity (Wildman–Crippen MR) is 80.8 cm³/mol. The maximum absolute atomic E-state index is 6.19. The van der Waals surface area contributed by atoms with Crippen LogP contribution >= 0.6 is 0 Å². The molecule has 3 saturated heterocycles. The SMILES string of the molecule is CC(C)(C)CC(N)Cc1nc(C2CN3CCN2CC3)no1. The van der Waals surface area contributed by atoms with E-state index in [1.165, 1.54) is 0 Å². The summed E-state index contributed by atoms with van der Waals surface area (Å²) in [7, 11) is 0. The first-order valence-corrected chi connectivity index (χ1v) is 7.95. The summed E-state index contributed by atoms with van der Waals surface area (Å²) < 4.78 is 5.42. The van der Waals surface area contributed by atoms with Crippen molar-refractivity contribution in [2.75, 3.05) is 32.7 Å². The Morgan fingerprint density at radius 2 is 2.00 bits per heavy atom. The fourth-order valence-corrected chi connectivity index (χ4v) is 3.43. The lowest BCUT2D eigenvalue weighted by molar-refractivity contribution is 0.00781. The van der Waals surface area contributed by atoms with Crippen LogP contribution in [0, 0.1) is 5.41 Å². The molecule has 0 spiro atoms. The Bertz CT molecular complexity index is 473. The highest BCUT2D eigenvalue weighted by molar-refractivity contribution is 5.02. The minimum absolute atomic E-state index is 0.0742. The van der Waals surface area contributed by atoms with Gasteiger partial charge in [0.25, 0.3) is 0 Å². The number of piperazine rings is 3. The molecule has 0 amide bonds. The molecule has 0 radical (unpaired) electrons. The molecule has 4 heterocycles. The molecule has 2 unspecified atom stereocenters. The Hall–Kier alpha value is -0.980. The first-order valence-electron chi connectivity index (χ1n) is 7.95. The molecule has 6 heteroatoms. The highest BCUT2D eigenvalue weighted by atomic mass is 16.5. The van der Waals surface area contributed by atoms with Crippen LogP contribution in [0.2, 0.25) is 0 Å². The fourth-order valence-electron chi connectivity index (χ4n) is 3.43. The quantitative estimate of drug-likeness (QED) is 0.894. The standard InChI is InChI=1S/C15H27N5O/c1-15(2,3)9-11(16)8-13-17-14(18-21-13)12-10-19-4-6-20(12)7-5-19/h11-12H,4-10,16H2,1-3H3. The van der Waals surface area contributed by atoms with Crippen LogP contribution in [0.25, 0.3) is 0 Å². The zero-order valence-electron chi connectivity index (χ0n) is 13.4. The van der Waals surface area contributed by atoms with Gasteiger partial charge in [0, 0.05) is 45.2 Å². The van der Waals surface area contributed by atoms with Crippen LogP contribution in [-0.2, 0) is 6.42 Å². The van der Waals surface area contributed by atoms with E-state index in [9.17, 15) is 0 Å². The number of aromatic nitrogens is 2. The normalized spacial score (nSPS) is 30.6. The topological polar surface area (TPSA) is 71.4 Å². The Morgan fingerprint density at radius 3 is 2.57 bits per heavy atom. The molecule has 6 nitrogen and oxygen atoms in total. The van der Waals surface area contributed by atoms with Gasteiger partial charge in [-0.3, -0.25) is 9.80 Å². The highest BCUT2D eigenvalue weighted by Crippen LogP contribution is 2.27. The summed E-state index contributed by atoms with van der Waals surface area (Å²) in [6, 6.07) is 0.369. The Balaban J connectivity index is 1.61. The molecule has 0 saturated carbocycles. The van der Waals surface area contributed by atoms with E-state index >= 15 is 0 Å². The van der Waals surface area contributed by atoms with Gasteiger partial charge >= 0.3 is 0 Å². The first kappa shape index (κ1) is 14.9. The molecule has 3 fully saturated rings. The molecule has 1 aromatic rings. The lowest BCUT2D eigenvalue weighted by atomic mass is 9.87. The van der Waals surface area contributed by atoms with E-state index in [0.29, 0.717) is 18.4 Å². The average Bonchev–Trinajstić information content (AvgIpc) is 2.86. The van der Waals surface area contributed by atoms with Crippen molar-refractivity contribution < 1.29 is 4.52 Å². The zero-order valence-corrected chi connectivity index (χ0v) is 13.4. The van der Waals surface area contributed by atoms with Gasteiger partial charge in [0.15, 0.2) is 5.82 Å². The maximum atomic E-state index is 6.19. The van der Waals surface area contributed by atoms with Crippen molar-refractivity contribution in [3.63, 3.8) is 0 Å². The van der Waals surface area contributed by atoms with Crippen molar-refractivity contribution in [1.82, 2.24) is 19.9 Å². The molecule has 2 atom stereocenters. The fraction of sp³-hybridized carbons (Fsp3) is 0.867. The molecule has 1 aromatic heterocycles. The van der Waals surface area contributed by atoms with Gasteiger partial charge in [-0.2, -0.15) is 4.98 Å². The van der Waals surface area contributed by atoms with Crippen molar-refractivity contribution >= 4 is 0 Å². The number of fused-ring (bicyclic) bond motifs is 3. The second kappa shape index (κ2) is 5.66. The van der Waals surface area contributed by atoms with Gasteiger partial charge in [-0.25, -0.2) is 0 Å². The van der Waals surface area contributed by atoms with E-state index in [0.717, 1.165) is 45.0 Å². The van der Waals surface area contributed by atoms with Gasteiger partial charge < -0.3 is 10.3 Å². The molecule has 21 heavy (non-hydrogen) atoms. The summed E-state index contributed by atoms with van der Waals surface area (Å²) in [6.07, 6.45) is 1.62. The zero-order chi connectivity index (χ0) is 15.0. The summed E-state index contributed by atoms with van der Waals surface area (Å²) in [6.45, 7) is 12.2. The highest BCUT2D eigenvalue weighted by Gasteiger charge is 2.35. The lowest BCUT2D eigenvalue weighted by Crippen LogP contribution is -2.57. The summed E-state index contributed by atoms with van der Waals surface area (Å²) in [4.78, 5) is 9.54. The smallest absolute Gasteiger partial charge is 0.228 e. The van der Waals surface area contributed by atoms with Gasteiger partial charge in [-0.1, -0.05) is 25.9 Å². The van der Waals surface area contributed by atoms with Crippen LogP contribution in [0.3, 0.4) is 0 Å². The van der Waals surface area contributed by atoms with Crippen molar-refractivity contribution in [2.45, 2.75) is 45.7 Å². The minimum Gasteiger partial charge on any atom is -0.339 e. The third-order valence-electron chi connectivity index (χ3n) is 4.37. The van der Waals surface area contributed by atoms with Crippen LogP contribution in [0.15, 0.2) is 4.52 Å². The van der Waals surface area contributed by atoms with Crippen molar-refractivity contribution in [2.24, 2.45) is 11.1 Å². The number of hydrogen-bond donors (Lipinski definition) is 1. The van der Waals surface area contributed by atoms with E-state index in [1.807, 2.05) is 0 Å². The Morgan fingerprint density at radius 1 is 1.29 bits per heavy atom. The molecule has 2 bridgehead atoms. The monoisotopic (exact) mass is 293 g/mol. The summed E-state index contributed by atoms with van der Waals surface area (Å²) in [5, 5.41) is 4.20. The molecular formula is C15H27N5O. The van der Waals surface area contributed by atoms with Crippen LogP contribution in [-0.4, -0.2) is 58.7 Å². The van der Waals surface area contributed by atoms with Crippen LogP contribution in [0.1, 0.15) is 44.9 Å². The van der Waals surface area contributed by atoms with Crippen molar-refractivity contribution in [1.29, 1.82) is 0 Å². The Labute approximate surface area is 126 Å². The third kappa shape index (κ3) is 3.62. The van der Waals surface area contributed by atoms with E-state index in [2.05, 4.69) is 40.7 Å². The number of nitrogens with two attached hydrogens (primary N) is 1. The van der Waals surface area contributed by atoms with E-state index < -0.39 is 0 Å². The summed E-state index contributed by atoms with van der Waals surface area (Å²) in [5.41, 5.74) is 6.42. The van der Waals surface area contributed by atoms with Crippen LogP contribution in [0.4, 0.5) is 0 Å². The van der Waals surface area contributed by atoms with Gasteiger partial charge in [-0.15, -0.1) is 0 Å². The van der Waals surface area contributed by atoms with Gasteiger partial charge in [0.1, 0.15) is 0 Å². The van der Waals surface area contributed by atoms with E-state index in [-0.39, 0.29) is 11.5 Å². The van der Waals surface area contributed by atoms with Crippen LogP contribution in [0.5, 0.6) is 0 Å². The van der Waals surface area contributed by atoms with Gasteiger partial charge in [0.2, 0.25) is 5.89 Å². The molecule has 4 rings (SSSR count). The minimum atomic E-state index is 0.0742. The average molecular weight is 293 g/mol. The van der Waals surface area contributed by atoms with Crippen molar-refractivity contribution in [3.8, 4) is 0 Å². The first-order chi connectivity index (χ1) is 9.90. The summed E-state index contributed by atoms with van der Waals surface area (Å²) in [5.74, 6) is 1.51. The molecule has 0 aliphatic carbocycles. The molecule has 118 valence electrons. The van der Waals surface area contributed by atoms with E-state index in [1.54, 1.807) is 0 Å². The van der Waals surface area contributed by atoms with Gasteiger partial charge in [0.05, 0.1) is 6.04 Å². The maximum Gasteiger partial charge on any atom is 0.228 e. The number of nitrogens with zero attached hydrogens (tertiary/aromatic N) is 4. The predicted octanol–water partition coefficient (Wildman–Crippen LogP) is 1.05. The largest absolute Gasteiger partial charge is 0.339 e. The summed E-state index contributed by atoms with van der Waals surface area (Å²) >= 11 is 0. The third-order valence-corrected chi connectivity index (χ3v) is 4.37. The van der Waals surface area contributed by atoms with Gasteiger partial charge in [-0.05, 0) is 11.8 Å². The lowest BCUT2D eigenvalue weighted by Gasteiger charge is -2.46. The molecule has 2 N–H and O–H groups in total. The van der Waals surface area contributed by atoms with Crippen molar-refractivity contribution in [3.05, 3.63) is 11.7 Å². The van der Waals surface area contributed by atoms with E-state index in [4.69, 9.17) is 10.3 Å². The number of hydrogen-bond acceptors (Lipinski definition) is 6.